The van der Waals surface area contributed by atoms with Crippen LogP contribution in [0.4, 0.5) is 4.79 Å². The molecule has 0 atom stereocenters. The van der Waals surface area contributed by atoms with Gasteiger partial charge in [-0.05, 0) is 46.2 Å². The summed E-state index contributed by atoms with van der Waals surface area (Å²) in [6.45, 7) is 11.3. The van der Waals surface area contributed by atoms with Gasteiger partial charge in [0.15, 0.2) is 0 Å². The van der Waals surface area contributed by atoms with Gasteiger partial charge in [0, 0.05) is 30.5 Å². The molecule has 0 bridgehead atoms. The van der Waals surface area contributed by atoms with E-state index in [0.717, 1.165) is 33.9 Å². The zero-order valence-corrected chi connectivity index (χ0v) is 16.9. The fourth-order valence-corrected chi connectivity index (χ4v) is 3.37. The Balaban J connectivity index is 1.67. The predicted octanol–water partition coefficient (Wildman–Crippen LogP) is 3.38. The number of carbonyl (C=O) groups is 1. The minimum absolute atomic E-state index is 0.117. The molecule has 27 heavy (non-hydrogen) atoms. The number of fused-ring (bicyclic) bond motifs is 1. The molecule has 0 spiro atoms. The number of urea groups is 1. The van der Waals surface area contributed by atoms with Crippen LogP contribution >= 0.6 is 0 Å². The molecular weight excluding hydrogens is 340 g/mol. The third-order valence-electron chi connectivity index (χ3n) is 4.93. The standard InChI is InChI=1S/C20H28N6O/c1-13(2)26-16(5)18(15(4)23-26)12-24(6)20(27)22-11-17-10-21-19-14(3)8-7-9-25(17)19/h7-10,13H,11-12H2,1-6H3,(H,22,27). The number of aromatic nitrogens is 4. The summed E-state index contributed by atoms with van der Waals surface area (Å²) in [7, 11) is 1.81. The zero-order chi connectivity index (χ0) is 19.7. The van der Waals surface area contributed by atoms with E-state index in [1.165, 1.54) is 0 Å². The van der Waals surface area contributed by atoms with E-state index in [2.05, 4.69) is 36.2 Å². The second-order valence-electron chi connectivity index (χ2n) is 7.34. The summed E-state index contributed by atoms with van der Waals surface area (Å²) in [5.74, 6) is 0. The number of aryl methyl sites for hydroxylation is 2. The van der Waals surface area contributed by atoms with Crippen LogP contribution in [0.2, 0.25) is 0 Å². The van der Waals surface area contributed by atoms with Gasteiger partial charge in [0.1, 0.15) is 5.65 Å². The molecule has 3 rings (SSSR count). The number of hydrogen-bond donors (Lipinski definition) is 1. The van der Waals surface area contributed by atoms with Gasteiger partial charge in [-0.25, -0.2) is 9.78 Å². The summed E-state index contributed by atoms with van der Waals surface area (Å²) in [6.07, 6.45) is 3.77. The number of pyridine rings is 1. The first kappa shape index (κ1) is 18.9. The molecule has 0 aliphatic heterocycles. The van der Waals surface area contributed by atoms with Crippen LogP contribution in [0, 0.1) is 20.8 Å². The quantitative estimate of drug-likeness (QED) is 0.751. The van der Waals surface area contributed by atoms with E-state index in [1.807, 2.05) is 47.5 Å². The number of hydrogen-bond acceptors (Lipinski definition) is 3. The van der Waals surface area contributed by atoms with Crippen LogP contribution in [-0.2, 0) is 13.1 Å². The van der Waals surface area contributed by atoms with Gasteiger partial charge in [-0.2, -0.15) is 5.10 Å². The topological polar surface area (TPSA) is 67.5 Å². The molecular formula is C20H28N6O. The van der Waals surface area contributed by atoms with Crippen molar-refractivity contribution in [2.75, 3.05) is 7.05 Å². The van der Waals surface area contributed by atoms with Crippen molar-refractivity contribution in [3.05, 3.63) is 52.7 Å². The van der Waals surface area contributed by atoms with Crippen molar-refractivity contribution >= 4 is 11.7 Å². The van der Waals surface area contributed by atoms with Crippen LogP contribution < -0.4 is 5.32 Å². The van der Waals surface area contributed by atoms with Gasteiger partial charge in [-0.3, -0.25) is 4.68 Å². The molecule has 3 aromatic heterocycles. The van der Waals surface area contributed by atoms with Crippen molar-refractivity contribution in [1.82, 2.24) is 29.4 Å². The normalized spacial score (nSPS) is 11.4. The Morgan fingerprint density at radius 1 is 1.30 bits per heavy atom. The third-order valence-corrected chi connectivity index (χ3v) is 4.93. The summed E-state index contributed by atoms with van der Waals surface area (Å²) >= 11 is 0. The summed E-state index contributed by atoms with van der Waals surface area (Å²) in [5, 5.41) is 7.58. The van der Waals surface area contributed by atoms with Crippen LogP contribution in [-0.4, -0.2) is 37.1 Å². The Morgan fingerprint density at radius 2 is 2.04 bits per heavy atom. The largest absolute Gasteiger partial charge is 0.332 e. The Labute approximate surface area is 160 Å². The molecule has 0 radical (unpaired) electrons. The summed E-state index contributed by atoms with van der Waals surface area (Å²) in [5.41, 5.74) is 6.17. The second-order valence-corrected chi connectivity index (χ2v) is 7.34. The minimum atomic E-state index is -0.117. The Bertz CT molecular complexity index is 968. The molecule has 0 saturated heterocycles. The van der Waals surface area contributed by atoms with Gasteiger partial charge >= 0.3 is 6.03 Å². The highest BCUT2D eigenvalue weighted by molar-refractivity contribution is 5.73. The highest BCUT2D eigenvalue weighted by Gasteiger charge is 2.17. The van der Waals surface area contributed by atoms with Crippen LogP contribution in [0.3, 0.4) is 0 Å². The third kappa shape index (κ3) is 3.67. The smallest absolute Gasteiger partial charge is 0.317 e. The van der Waals surface area contributed by atoms with Gasteiger partial charge in [0.2, 0.25) is 0 Å². The Hall–Kier alpha value is -2.83. The first-order chi connectivity index (χ1) is 12.8. The molecule has 2 amide bonds. The molecule has 0 aliphatic carbocycles. The maximum atomic E-state index is 12.6. The molecule has 7 nitrogen and oxygen atoms in total. The first-order valence-corrected chi connectivity index (χ1v) is 9.24. The summed E-state index contributed by atoms with van der Waals surface area (Å²) in [6, 6.07) is 4.20. The monoisotopic (exact) mass is 368 g/mol. The average Bonchev–Trinajstić information content (AvgIpc) is 3.16. The highest BCUT2D eigenvalue weighted by Crippen LogP contribution is 2.18. The van der Waals surface area contributed by atoms with Gasteiger partial charge in [0.05, 0.1) is 30.7 Å². The Morgan fingerprint density at radius 3 is 2.70 bits per heavy atom. The van der Waals surface area contributed by atoms with E-state index in [0.29, 0.717) is 19.1 Å². The van der Waals surface area contributed by atoms with Gasteiger partial charge < -0.3 is 14.6 Å². The molecule has 0 saturated carbocycles. The lowest BCUT2D eigenvalue weighted by Crippen LogP contribution is -2.36. The molecule has 0 aliphatic rings. The van der Waals surface area contributed by atoms with E-state index in [9.17, 15) is 4.79 Å². The van der Waals surface area contributed by atoms with Gasteiger partial charge in [0.25, 0.3) is 0 Å². The van der Waals surface area contributed by atoms with E-state index >= 15 is 0 Å². The molecule has 0 unspecified atom stereocenters. The predicted molar refractivity (Wildman–Crippen MR) is 106 cm³/mol. The fraction of sp³-hybridized carbons (Fsp3) is 0.450. The summed E-state index contributed by atoms with van der Waals surface area (Å²) < 4.78 is 4.02. The second kappa shape index (κ2) is 7.42. The molecule has 3 aromatic rings. The minimum Gasteiger partial charge on any atom is -0.332 e. The molecule has 144 valence electrons. The molecule has 1 N–H and O–H groups in total. The lowest BCUT2D eigenvalue weighted by atomic mass is 10.2. The van der Waals surface area contributed by atoms with E-state index in [1.54, 1.807) is 11.9 Å². The number of nitrogens with one attached hydrogen (secondary N) is 1. The highest BCUT2D eigenvalue weighted by atomic mass is 16.2. The van der Waals surface area contributed by atoms with Crippen molar-refractivity contribution in [3.8, 4) is 0 Å². The first-order valence-electron chi connectivity index (χ1n) is 9.24. The average molecular weight is 368 g/mol. The van der Waals surface area contributed by atoms with Crippen molar-refractivity contribution in [3.63, 3.8) is 0 Å². The van der Waals surface area contributed by atoms with E-state index < -0.39 is 0 Å². The molecule has 0 fully saturated rings. The lowest BCUT2D eigenvalue weighted by molar-refractivity contribution is 0.206. The number of nitrogens with zero attached hydrogens (tertiary/aromatic N) is 5. The van der Waals surface area contributed by atoms with Crippen molar-refractivity contribution < 1.29 is 4.79 Å². The van der Waals surface area contributed by atoms with Crippen molar-refractivity contribution in [2.24, 2.45) is 0 Å². The maximum Gasteiger partial charge on any atom is 0.317 e. The van der Waals surface area contributed by atoms with Crippen molar-refractivity contribution in [2.45, 2.75) is 53.8 Å². The zero-order valence-electron chi connectivity index (χ0n) is 16.9. The number of imidazole rings is 1. The van der Waals surface area contributed by atoms with E-state index in [4.69, 9.17) is 0 Å². The SMILES string of the molecule is Cc1nn(C(C)C)c(C)c1CN(C)C(=O)NCc1cnc2c(C)cccn12. The number of carbonyl (C=O) groups excluding carboxylic acids is 1. The van der Waals surface area contributed by atoms with Crippen LogP contribution in [0.1, 0.15) is 48.1 Å². The maximum absolute atomic E-state index is 12.6. The van der Waals surface area contributed by atoms with Crippen LogP contribution in [0.5, 0.6) is 0 Å². The van der Waals surface area contributed by atoms with Crippen LogP contribution in [0.15, 0.2) is 24.5 Å². The van der Waals surface area contributed by atoms with Gasteiger partial charge in [-0.15, -0.1) is 0 Å². The van der Waals surface area contributed by atoms with Gasteiger partial charge in [-0.1, -0.05) is 6.07 Å². The number of rotatable bonds is 5. The summed E-state index contributed by atoms with van der Waals surface area (Å²) in [4.78, 5) is 18.7. The number of amides is 2. The van der Waals surface area contributed by atoms with Crippen LogP contribution in [0.25, 0.3) is 5.65 Å². The molecule has 7 heteroatoms. The van der Waals surface area contributed by atoms with Crippen molar-refractivity contribution in [1.29, 1.82) is 0 Å². The molecule has 0 aromatic carbocycles. The fourth-order valence-electron chi connectivity index (χ4n) is 3.37. The molecule has 3 heterocycles. The lowest BCUT2D eigenvalue weighted by Gasteiger charge is -2.18. The van der Waals surface area contributed by atoms with E-state index in [-0.39, 0.29) is 6.03 Å². The Kier molecular flexibility index (Phi) is 5.21.